The number of rotatable bonds is 2. The highest BCUT2D eigenvalue weighted by Gasteiger charge is 2.30. The highest BCUT2D eigenvalue weighted by molar-refractivity contribution is 5.95. The second-order valence-corrected chi connectivity index (χ2v) is 6.53. The summed E-state index contributed by atoms with van der Waals surface area (Å²) in [5.41, 5.74) is 4.37. The van der Waals surface area contributed by atoms with Gasteiger partial charge in [-0.2, -0.15) is 14.6 Å². The Labute approximate surface area is 141 Å². The molecule has 8 nitrogen and oxygen atoms in total. The van der Waals surface area contributed by atoms with E-state index >= 15 is 0 Å². The molecule has 0 unspecified atom stereocenters. The van der Waals surface area contributed by atoms with E-state index in [0.29, 0.717) is 17.5 Å². The number of hydrogen-bond acceptors (Lipinski definition) is 6. The maximum atomic E-state index is 5.48. The van der Waals surface area contributed by atoms with E-state index in [9.17, 15) is 0 Å². The third-order valence-electron chi connectivity index (χ3n) is 4.73. The van der Waals surface area contributed by atoms with Crippen molar-refractivity contribution in [2.24, 2.45) is 0 Å². The average Bonchev–Trinajstić information content (AvgIpc) is 3.04. The van der Waals surface area contributed by atoms with Crippen LogP contribution in [-0.4, -0.2) is 34.1 Å². The lowest BCUT2D eigenvalue weighted by Gasteiger charge is -2.06. The molecule has 0 spiro atoms. The zero-order chi connectivity index (χ0) is 16.5. The topological polar surface area (TPSA) is 86.4 Å². The second-order valence-electron chi connectivity index (χ2n) is 6.53. The Morgan fingerprint density at radius 3 is 3.00 bits per heavy atom. The summed E-state index contributed by atoms with van der Waals surface area (Å²) in [5, 5.41) is 9.52. The normalized spacial score (nSPS) is 14.9. The van der Waals surface area contributed by atoms with Gasteiger partial charge >= 0.3 is 0 Å². The lowest BCUT2D eigenvalue weighted by molar-refractivity contribution is 0.422. The SMILES string of the molecule is Cc1ccc2c(c1)c1ncnn1c1c(-c3nc(C4CC4)no3)ncn21. The third kappa shape index (κ3) is 1.73. The number of hydrogen-bond donors (Lipinski definition) is 0. The fourth-order valence-electron chi connectivity index (χ4n) is 3.33. The van der Waals surface area contributed by atoms with Gasteiger partial charge in [0.1, 0.15) is 12.7 Å². The van der Waals surface area contributed by atoms with Gasteiger partial charge in [-0.25, -0.2) is 9.97 Å². The van der Waals surface area contributed by atoms with E-state index in [1.54, 1.807) is 17.2 Å². The zero-order valence-corrected chi connectivity index (χ0v) is 13.4. The van der Waals surface area contributed by atoms with Crippen molar-refractivity contribution >= 4 is 22.2 Å². The van der Waals surface area contributed by atoms with Crippen molar-refractivity contribution in [3.8, 4) is 11.6 Å². The van der Waals surface area contributed by atoms with Crippen LogP contribution in [0.3, 0.4) is 0 Å². The predicted molar refractivity (Wildman–Crippen MR) is 89.2 cm³/mol. The van der Waals surface area contributed by atoms with Crippen LogP contribution in [0.25, 0.3) is 33.8 Å². The molecule has 25 heavy (non-hydrogen) atoms. The Kier molecular flexibility index (Phi) is 2.30. The number of imidazole rings is 1. The van der Waals surface area contributed by atoms with Gasteiger partial charge in [0.15, 0.2) is 22.8 Å². The minimum absolute atomic E-state index is 0.424. The van der Waals surface area contributed by atoms with E-state index in [2.05, 4.69) is 50.3 Å². The number of fused-ring (bicyclic) bond motifs is 6. The van der Waals surface area contributed by atoms with Crippen LogP contribution in [0.2, 0.25) is 0 Å². The van der Waals surface area contributed by atoms with Crippen LogP contribution in [0.4, 0.5) is 0 Å². The van der Waals surface area contributed by atoms with E-state index in [1.807, 2.05) is 4.40 Å². The van der Waals surface area contributed by atoms with Crippen LogP contribution >= 0.6 is 0 Å². The number of aromatic nitrogens is 7. The zero-order valence-electron chi connectivity index (χ0n) is 13.4. The molecule has 122 valence electrons. The Hall–Kier alpha value is -3.29. The minimum Gasteiger partial charge on any atom is -0.332 e. The molecular weight excluding hydrogens is 318 g/mol. The van der Waals surface area contributed by atoms with Gasteiger partial charge in [0, 0.05) is 11.3 Å². The maximum Gasteiger partial charge on any atom is 0.280 e. The van der Waals surface area contributed by atoms with Crippen LogP contribution < -0.4 is 0 Å². The van der Waals surface area contributed by atoms with Crippen molar-refractivity contribution in [1.29, 1.82) is 0 Å². The molecule has 1 fully saturated rings. The van der Waals surface area contributed by atoms with Crippen LogP contribution in [0, 0.1) is 6.92 Å². The molecule has 1 aliphatic carbocycles. The Morgan fingerprint density at radius 1 is 1.20 bits per heavy atom. The molecule has 5 aromatic rings. The van der Waals surface area contributed by atoms with Crippen molar-refractivity contribution in [2.75, 3.05) is 0 Å². The summed E-state index contributed by atoms with van der Waals surface area (Å²) in [6.07, 6.45) is 5.57. The van der Waals surface area contributed by atoms with E-state index < -0.39 is 0 Å². The van der Waals surface area contributed by atoms with Gasteiger partial charge < -0.3 is 4.52 Å². The number of benzene rings is 1. The molecule has 1 aliphatic rings. The van der Waals surface area contributed by atoms with E-state index in [-0.39, 0.29) is 0 Å². The molecule has 6 rings (SSSR count). The Morgan fingerprint density at radius 2 is 2.12 bits per heavy atom. The van der Waals surface area contributed by atoms with E-state index in [0.717, 1.165) is 40.9 Å². The van der Waals surface area contributed by atoms with Gasteiger partial charge in [0.05, 0.1) is 5.52 Å². The first-order chi connectivity index (χ1) is 12.3. The highest BCUT2D eigenvalue weighted by Crippen LogP contribution is 2.39. The summed E-state index contributed by atoms with van der Waals surface area (Å²) in [6.45, 7) is 2.06. The van der Waals surface area contributed by atoms with Gasteiger partial charge in [-0.05, 0) is 31.9 Å². The predicted octanol–water partition coefficient (Wildman–Crippen LogP) is 2.77. The number of aryl methyl sites for hydroxylation is 1. The quantitative estimate of drug-likeness (QED) is 0.494. The molecule has 0 bridgehead atoms. The smallest absolute Gasteiger partial charge is 0.280 e. The molecule has 1 saturated carbocycles. The van der Waals surface area contributed by atoms with Crippen LogP contribution in [0.1, 0.15) is 30.1 Å². The molecule has 0 aliphatic heterocycles. The maximum absolute atomic E-state index is 5.48. The number of nitrogens with zero attached hydrogens (tertiary/aromatic N) is 7. The minimum atomic E-state index is 0.424. The summed E-state index contributed by atoms with van der Waals surface area (Å²) < 4.78 is 9.25. The summed E-state index contributed by atoms with van der Waals surface area (Å²) in [7, 11) is 0. The molecule has 0 atom stereocenters. The van der Waals surface area contributed by atoms with Gasteiger partial charge in [0.25, 0.3) is 5.89 Å². The Balaban J connectivity index is 1.72. The molecule has 0 radical (unpaired) electrons. The third-order valence-corrected chi connectivity index (χ3v) is 4.73. The van der Waals surface area contributed by atoms with Crippen LogP contribution in [0.15, 0.2) is 35.4 Å². The van der Waals surface area contributed by atoms with Crippen molar-refractivity contribution in [3.63, 3.8) is 0 Å². The van der Waals surface area contributed by atoms with Gasteiger partial charge in [-0.1, -0.05) is 16.8 Å². The summed E-state index contributed by atoms with van der Waals surface area (Å²) in [5.74, 6) is 1.62. The van der Waals surface area contributed by atoms with Crippen LogP contribution in [-0.2, 0) is 0 Å². The van der Waals surface area contributed by atoms with Crippen molar-refractivity contribution in [2.45, 2.75) is 25.7 Å². The average molecular weight is 331 g/mol. The van der Waals surface area contributed by atoms with Gasteiger partial charge in [-0.3, -0.25) is 4.40 Å². The fourth-order valence-corrected chi connectivity index (χ4v) is 3.33. The molecule has 4 heterocycles. The molecule has 0 saturated heterocycles. The van der Waals surface area contributed by atoms with E-state index in [1.165, 1.54) is 5.56 Å². The molecule has 4 aromatic heterocycles. The fraction of sp³-hybridized carbons (Fsp3) is 0.235. The standard InChI is InChI=1S/C17H13N7O/c1-9-2-5-12-11(6-9)15-18-7-20-24(15)17-13(19-8-23(12)17)16-21-14(22-25-16)10-3-4-10/h2,5-8,10H,3-4H2,1H3. The second kappa shape index (κ2) is 4.41. The Bertz CT molecular complexity index is 1270. The first kappa shape index (κ1) is 13.1. The van der Waals surface area contributed by atoms with Crippen molar-refractivity contribution in [3.05, 3.63) is 42.2 Å². The first-order valence-electron chi connectivity index (χ1n) is 8.23. The van der Waals surface area contributed by atoms with Crippen LogP contribution in [0.5, 0.6) is 0 Å². The molecule has 0 amide bonds. The monoisotopic (exact) mass is 331 g/mol. The van der Waals surface area contributed by atoms with Crippen molar-refractivity contribution < 1.29 is 4.52 Å². The molecule has 0 N–H and O–H groups in total. The summed E-state index contributed by atoms with van der Waals surface area (Å²) in [6, 6.07) is 6.25. The van der Waals surface area contributed by atoms with Gasteiger partial charge in [0.2, 0.25) is 0 Å². The largest absolute Gasteiger partial charge is 0.332 e. The van der Waals surface area contributed by atoms with E-state index in [4.69, 9.17) is 4.52 Å². The summed E-state index contributed by atoms with van der Waals surface area (Å²) in [4.78, 5) is 13.5. The molecule has 8 heteroatoms. The lowest BCUT2D eigenvalue weighted by atomic mass is 10.1. The van der Waals surface area contributed by atoms with Gasteiger partial charge in [-0.15, -0.1) is 0 Å². The summed E-state index contributed by atoms with van der Waals surface area (Å²) >= 11 is 0. The molecule has 1 aromatic carbocycles. The first-order valence-corrected chi connectivity index (χ1v) is 8.23. The van der Waals surface area contributed by atoms with Crippen molar-refractivity contribution in [1.82, 2.24) is 34.1 Å². The lowest BCUT2D eigenvalue weighted by Crippen LogP contribution is -1.99. The highest BCUT2D eigenvalue weighted by atomic mass is 16.5. The molecular formula is C17H13N7O.